The number of amides is 1. The molecule has 0 aliphatic heterocycles. The highest BCUT2D eigenvalue weighted by molar-refractivity contribution is 8.01. The van der Waals surface area contributed by atoms with Crippen molar-refractivity contribution in [2.24, 2.45) is 0 Å². The molecule has 0 radical (unpaired) electrons. The number of hydrogen-bond acceptors (Lipinski definition) is 8. The average Bonchev–Trinajstić information content (AvgIpc) is 3.20. The van der Waals surface area contributed by atoms with E-state index in [9.17, 15) is 9.59 Å². The van der Waals surface area contributed by atoms with E-state index in [4.69, 9.17) is 0 Å². The number of aryl methyl sites for hydroxylation is 2. The van der Waals surface area contributed by atoms with Gasteiger partial charge in [-0.1, -0.05) is 30.0 Å². The summed E-state index contributed by atoms with van der Waals surface area (Å²) in [6.45, 7) is 7.40. The normalized spacial score (nSPS) is 12.1. The lowest BCUT2D eigenvalue weighted by Gasteiger charge is -2.14. The number of anilines is 1. The molecule has 9 nitrogen and oxygen atoms in total. The van der Waals surface area contributed by atoms with E-state index in [2.05, 4.69) is 25.7 Å². The van der Waals surface area contributed by atoms with E-state index in [0.717, 1.165) is 26.2 Å². The third kappa shape index (κ3) is 4.25. The van der Waals surface area contributed by atoms with Gasteiger partial charge in [-0.2, -0.15) is 5.10 Å². The zero-order valence-corrected chi connectivity index (χ0v) is 17.0. The first-order chi connectivity index (χ1) is 12.9. The topological polar surface area (TPSA) is 108 Å². The summed E-state index contributed by atoms with van der Waals surface area (Å²) < 4.78 is 3.56. The van der Waals surface area contributed by atoms with Crippen molar-refractivity contribution in [1.82, 2.24) is 29.8 Å². The van der Waals surface area contributed by atoms with Crippen LogP contribution in [0.2, 0.25) is 0 Å². The molecule has 3 aromatic heterocycles. The van der Waals surface area contributed by atoms with Gasteiger partial charge in [0, 0.05) is 11.8 Å². The Balaban J connectivity index is 1.83. The Morgan fingerprint density at radius 2 is 2.07 bits per heavy atom. The van der Waals surface area contributed by atoms with Crippen LogP contribution in [0.25, 0.3) is 5.82 Å². The van der Waals surface area contributed by atoms with E-state index in [-0.39, 0.29) is 11.5 Å². The fourth-order valence-electron chi connectivity index (χ4n) is 2.43. The van der Waals surface area contributed by atoms with Crippen molar-refractivity contribution in [3.63, 3.8) is 0 Å². The molecule has 0 aromatic carbocycles. The SMILES string of the molecule is CCSc1nnc(NC(=O)[C@H](C)n2nc(-n3nc(C)cc3C)ccc2=O)s1. The molecule has 0 unspecified atom stereocenters. The van der Waals surface area contributed by atoms with Gasteiger partial charge in [0.25, 0.3) is 11.5 Å². The standard InChI is InChI=1S/C16H19N7O2S2/c1-5-26-16-19-18-15(27-16)17-14(25)11(4)23-13(24)7-6-12(21-23)22-10(3)8-9(2)20-22/h6-8,11H,5H2,1-4H3,(H,17,18,25)/t11-/m0/s1. The lowest BCUT2D eigenvalue weighted by Crippen LogP contribution is -2.33. The first kappa shape index (κ1) is 19.2. The number of hydrogen-bond donors (Lipinski definition) is 1. The Morgan fingerprint density at radius 1 is 1.30 bits per heavy atom. The van der Waals surface area contributed by atoms with Gasteiger partial charge in [-0.25, -0.2) is 9.36 Å². The molecule has 3 rings (SSSR count). The molecule has 1 N–H and O–H groups in total. The number of carbonyl (C=O) groups excluding carboxylic acids is 1. The van der Waals surface area contributed by atoms with Crippen LogP contribution in [-0.4, -0.2) is 41.4 Å². The summed E-state index contributed by atoms with van der Waals surface area (Å²) >= 11 is 2.84. The summed E-state index contributed by atoms with van der Waals surface area (Å²) in [6, 6.07) is 4.06. The smallest absolute Gasteiger partial charge is 0.267 e. The minimum absolute atomic E-state index is 0.373. The second-order valence-corrected chi connectivity index (χ2v) is 8.27. The lowest BCUT2D eigenvalue weighted by atomic mass is 10.3. The Bertz CT molecular complexity index is 1020. The third-order valence-corrected chi connectivity index (χ3v) is 5.54. The second-order valence-electron chi connectivity index (χ2n) is 5.78. The van der Waals surface area contributed by atoms with Gasteiger partial charge in [0.2, 0.25) is 5.13 Å². The van der Waals surface area contributed by atoms with Gasteiger partial charge in [-0.15, -0.1) is 15.3 Å². The van der Waals surface area contributed by atoms with Gasteiger partial charge in [-0.3, -0.25) is 14.9 Å². The van der Waals surface area contributed by atoms with E-state index in [1.54, 1.807) is 29.4 Å². The molecule has 0 bridgehead atoms. The molecule has 0 saturated carbocycles. The predicted octanol–water partition coefficient (Wildman–Crippen LogP) is 2.21. The van der Waals surface area contributed by atoms with Gasteiger partial charge in [0.1, 0.15) is 6.04 Å². The molecule has 11 heteroatoms. The van der Waals surface area contributed by atoms with Crippen LogP contribution in [0.15, 0.2) is 27.3 Å². The fraction of sp³-hybridized carbons (Fsp3) is 0.375. The number of nitrogens with one attached hydrogen (secondary N) is 1. The number of rotatable bonds is 6. The van der Waals surface area contributed by atoms with Crippen LogP contribution in [0.4, 0.5) is 5.13 Å². The quantitative estimate of drug-likeness (QED) is 0.495. The molecular weight excluding hydrogens is 386 g/mol. The maximum atomic E-state index is 12.5. The molecule has 0 saturated heterocycles. The van der Waals surface area contributed by atoms with Crippen molar-refractivity contribution >= 4 is 34.1 Å². The molecule has 142 valence electrons. The summed E-state index contributed by atoms with van der Waals surface area (Å²) in [6.07, 6.45) is 0. The molecule has 0 aliphatic carbocycles. The van der Waals surface area contributed by atoms with Crippen molar-refractivity contribution in [1.29, 1.82) is 0 Å². The van der Waals surface area contributed by atoms with Crippen LogP contribution in [0, 0.1) is 13.8 Å². The number of nitrogens with zero attached hydrogens (tertiary/aromatic N) is 6. The largest absolute Gasteiger partial charge is 0.299 e. The van der Waals surface area contributed by atoms with Crippen LogP contribution >= 0.6 is 23.1 Å². The van der Waals surface area contributed by atoms with Gasteiger partial charge in [0.15, 0.2) is 10.2 Å². The van der Waals surface area contributed by atoms with E-state index < -0.39 is 6.04 Å². The van der Waals surface area contributed by atoms with E-state index >= 15 is 0 Å². The van der Waals surface area contributed by atoms with Crippen LogP contribution in [0.1, 0.15) is 31.3 Å². The van der Waals surface area contributed by atoms with Crippen LogP contribution in [0.3, 0.4) is 0 Å². The van der Waals surface area contributed by atoms with Crippen molar-refractivity contribution in [2.45, 2.75) is 38.1 Å². The predicted molar refractivity (Wildman–Crippen MR) is 105 cm³/mol. The van der Waals surface area contributed by atoms with Crippen LogP contribution < -0.4 is 10.9 Å². The minimum Gasteiger partial charge on any atom is -0.299 e. The zero-order chi connectivity index (χ0) is 19.6. The average molecular weight is 406 g/mol. The molecule has 3 aromatic rings. The van der Waals surface area contributed by atoms with Crippen molar-refractivity contribution < 1.29 is 4.79 Å². The Morgan fingerprint density at radius 3 is 2.74 bits per heavy atom. The Hall–Kier alpha value is -2.53. The maximum absolute atomic E-state index is 12.5. The fourth-order valence-corrected chi connectivity index (χ4v) is 4.08. The highest BCUT2D eigenvalue weighted by Gasteiger charge is 2.20. The van der Waals surface area contributed by atoms with Gasteiger partial charge in [-0.05, 0) is 38.7 Å². The molecule has 0 spiro atoms. The second kappa shape index (κ2) is 8.01. The molecule has 1 atom stereocenters. The molecule has 0 fully saturated rings. The first-order valence-electron chi connectivity index (χ1n) is 8.29. The first-order valence-corrected chi connectivity index (χ1v) is 10.1. The third-order valence-electron chi connectivity index (χ3n) is 3.69. The molecular formula is C16H19N7O2S2. The summed E-state index contributed by atoms with van der Waals surface area (Å²) in [5.74, 6) is 0.953. The lowest BCUT2D eigenvalue weighted by molar-refractivity contribution is -0.119. The summed E-state index contributed by atoms with van der Waals surface area (Å²) in [4.78, 5) is 24.8. The highest BCUT2D eigenvalue weighted by atomic mass is 32.2. The number of thioether (sulfide) groups is 1. The van der Waals surface area contributed by atoms with Gasteiger partial charge in [0.05, 0.1) is 5.69 Å². The molecule has 27 heavy (non-hydrogen) atoms. The molecule has 0 aliphatic rings. The number of aromatic nitrogens is 6. The van der Waals surface area contributed by atoms with Gasteiger partial charge >= 0.3 is 0 Å². The zero-order valence-electron chi connectivity index (χ0n) is 15.3. The van der Waals surface area contributed by atoms with E-state index in [0.29, 0.717) is 10.9 Å². The van der Waals surface area contributed by atoms with Crippen molar-refractivity contribution in [3.05, 3.63) is 39.9 Å². The van der Waals surface area contributed by atoms with Crippen molar-refractivity contribution in [3.8, 4) is 5.82 Å². The summed E-state index contributed by atoms with van der Waals surface area (Å²) in [7, 11) is 0. The van der Waals surface area contributed by atoms with E-state index in [1.165, 1.54) is 17.4 Å². The monoisotopic (exact) mass is 405 g/mol. The molecule has 3 heterocycles. The number of carbonyl (C=O) groups is 1. The van der Waals surface area contributed by atoms with Crippen LogP contribution in [-0.2, 0) is 4.79 Å². The van der Waals surface area contributed by atoms with Gasteiger partial charge < -0.3 is 0 Å². The molecule has 1 amide bonds. The minimum atomic E-state index is -0.819. The van der Waals surface area contributed by atoms with Crippen LogP contribution in [0.5, 0.6) is 0 Å². The highest BCUT2D eigenvalue weighted by Crippen LogP contribution is 2.25. The summed E-state index contributed by atoms with van der Waals surface area (Å²) in [5, 5.41) is 19.7. The van der Waals surface area contributed by atoms with E-state index in [1.807, 2.05) is 26.8 Å². The summed E-state index contributed by atoms with van der Waals surface area (Å²) in [5.41, 5.74) is 1.36. The van der Waals surface area contributed by atoms with Crippen molar-refractivity contribution in [2.75, 3.05) is 11.1 Å². The maximum Gasteiger partial charge on any atom is 0.267 e. The Kier molecular flexibility index (Phi) is 5.71. The Labute approximate surface area is 163 Å².